The van der Waals surface area contributed by atoms with Gasteiger partial charge in [-0.2, -0.15) is 0 Å². The lowest BCUT2D eigenvalue weighted by Gasteiger charge is -2.40. The van der Waals surface area contributed by atoms with Gasteiger partial charge in [-0.15, -0.1) is 0 Å². The molecule has 2 saturated heterocycles. The fourth-order valence-corrected chi connectivity index (χ4v) is 5.85. The number of amides is 1. The van der Waals surface area contributed by atoms with Crippen LogP contribution in [-0.4, -0.2) is 79.0 Å². The number of halogens is 2. The highest BCUT2D eigenvalue weighted by molar-refractivity contribution is 6.31. The number of hydrogen-bond acceptors (Lipinski definition) is 4. The van der Waals surface area contributed by atoms with Gasteiger partial charge in [-0.25, -0.2) is 0 Å². The molecule has 0 aromatic heterocycles. The SMILES string of the molecule is CC(=O)N1CCN(CCN2CC[C@@H]3[C@@H](C2)c2cc(Cl)ccc2N3c2ccc(Cl)cc2)CC1. The van der Waals surface area contributed by atoms with Crippen LogP contribution >= 0.6 is 23.2 Å². The summed E-state index contributed by atoms with van der Waals surface area (Å²) in [7, 11) is 0. The largest absolute Gasteiger partial charge is 0.340 e. The molecule has 1 amide bonds. The molecule has 3 heterocycles. The van der Waals surface area contributed by atoms with E-state index in [-0.39, 0.29) is 5.91 Å². The van der Waals surface area contributed by atoms with Crippen LogP contribution < -0.4 is 4.90 Å². The van der Waals surface area contributed by atoms with E-state index in [2.05, 4.69) is 39.0 Å². The molecular formula is C25H30Cl2N4O. The maximum absolute atomic E-state index is 11.6. The number of anilines is 2. The molecule has 0 bridgehead atoms. The number of nitrogens with zero attached hydrogens (tertiary/aromatic N) is 4. The van der Waals surface area contributed by atoms with E-state index >= 15 is 0 Å². The second-order valence-electron chi connectivity index (χ2n) is 9.16. The Morgan fingerprint density at radius 2 is 1.59 bits per heavy atom. The van der Waals surface area contributed by atoms with Crippen LogP contribution in [0.1, 0.15) is 24.8 Å². The molecule has 0 radical (unpaired) electrons. The smallest absolute Gasteiger partial charge is 0.219 e. The van der Waals surface area contributed by atoms with Crippen molar-refractivity contribution in [1.82, 2.24) is 14.7 Å². The zero-order valence-electron chi connectivity index (χ0n) is 18.5. The summed E-state index contributed by atoms with van der Waals surface area (Å²) in [5.41, 5.74) is 3.83. The normalized spacial score (nSPS) is 23.8. The topological polar surface area (TPSA) is 30.0 Å². The molecule has 5 nitrogen and oxygen atoms in total. The highest BCUT2D eigenvalue weighted by Crippen LogP contribution is 2.49. The van der Waals surface area contributed by atoms with Crippen LogP contribution in [0.2, 0.25) is 10.0 Å². The van der Waals surface area contributed by atoms with Crippen molar-refractivity contribution in [1.29, 1.82) is 0 Å². The number of piperazine rings is 1. The lowest BCUT2D eigenvalue weighted by atomic mass is 9.89. The summed E-state index contributed by atoms with van der Waals surface area (Å²) in [5.74, 6) is 0.637. The molecule has 2 atom stereocenters. The summed E-state index contributed by atoms with van der Waals surface area (Å²) in [6, 6.07) is 15.0. The van der Waals surface area contributed by atoms with Gasteiger partial charge in [0.1, 0.15) is 0 Å². The van der Waals surface area contributed by atoms with Crippen molar-refractivity contribution in [3.63, 3.8) is 0 Å². The number of carbonyl (C=O) groups excluding carboxylic acids is 1. The van der Waals surface area contributed by atoms with Crippen LogP contribution in [0.4, 0.5) is 11.4 Å². The summed E-state index contributed by atoms with van der Waals surface area (Å²) in [4.78, 5) is 21.1. The molecule has 2 aromatic carbocycles. The van der Waals surface area contributed by atoms with Gasteiger partial charge < -0.3 is 14.7 Å². The van der Waals surface area contributed by atoms with Crippen molar-refractivity contribution in [2.24, 2.45) is 0 Å². The molecule has 7 heteroatoms. The summed E-state index contributed by atoms with van der Waals surface area (Å²) < 4.78 is 0. The first-order valence-corrected chi connectivity index (χ1v) is 12.3. The lowest BCUT2D eigenvalue weighted by Crippen LogP contribution is -2.51. The minimum atomic E-state index is 0.190. The molecule has 5 rings (SSSR count). The number of carbonyl (C=O) groups is 1. The van der Waals surface area contributed by atoms with E-state index in [1.54, 1.807) is 6.92 Å². The highest BCUT2D eigenvalue weighted by Gasteiger charge is 2.42. The van der Waals surface area contributed by atoms with E-state index in [4.69, 9.17) is 23.2 Å². The minimum absolute atomic E-state index is 0.190. The van der Waals surface area contributed by atoms with E-state index in [9.17, 15) is 4.79 Å². The maximum atomic E-state index is 11.6. The zero-order valence-corrected chi connectivity index (χ0v) is 20.0. The number of fused-ring (bicyclic) bond motifs is 3. The number of rotatable bonds is 4. The molecule has 0 aliphatic carbocycles. The van der Waals surface area contributed by atoms with E-state index in [1.165, 1.54) is 16.9 Å². The first kappa shape index (κ1) is 22.0. The van der Waals surface area contributed by atoms with Gasteiger partial charge in [-0.05, 0) is 54.4 Å². The summed E-state index contributed by atoms with van der Waals surface area (Å²) >= 11 is 12.6. The Hall–Kier alpha value is -1.79. The van der Waals surface area contributed by atoms with Crippen LogP contribution in [0, 0.1) is 0 Å². The number of likely N-dealkylation sites (tertiary alicyclic amines) is 1. The Bertz CT molecular complexity index is 974. The summed E-state index contributed by atoms with van der Waals surface area (Å²) in [5, 5.41) is 1.57. The lowest BCUT2D eigenvalue weighted by molar-refractivity contribution is -0.130. The predicted octanol–water partition coefficient (Wildman–Crippen LogP) is 4.47. The zero-order chi connectivity index (χ0) is 22.2. The molecule has 0 N–H and O–H groups in total. The second-order valence-corrected chi connectivity index (χ2v) is 10.0. The van der Waals surface area contributed by atoms with Crippen molar-refractivity contribution < 1.29 is 4.79 Å². The minimum Gasteiger partial charge on any atom is -0.340 e. The van der Waals surface area contributed by atoms with Crippen molar-refractivity contribution in [2.75, 3.05) is 57.3 Å². The molecule has 2 fully saturated rings. The summed E-state index contributed by atoms with van der Waals surface area (Å²) in [6.07, 6.45) is 1.12. The molecule has 170 valence electrons. The van der Waals surface area contributed by atoms with E-state index in [0.29, 0.717) is 12.0 Å². The van der Waals surface area contributed by atoms with E-state index in [1.807, 2.05) is 23.1 Å². The molecule has 0 unspecified atom stereocenters. The van der Waals surface area contributed by atoms with E-state index in [0.717, 1.165) is 68.8 Å². The Morgan fingerprint density at radius 3 is 2.31 bits per heavy atom. The van der Waals surface area contributed by atoms with Gasteiger partial charge in [0.05, 0.1) is 0 Å². The van der Waals surface area contributed by atoms with Crippen LogP contribution in [0.15, 0.2) is 42.5 Å². The fraction of sp³-hybridized carbons (Fsp3) is 0.480. The van der Waals surface area contributed by atoms with Crippen LogP contribution in [-0.2, 0) is 4.79 Å². The maximum Gasteiger partial charge on any atom is 0.219 e. The number of piperidine rings is 1. The first-order chi connectivity index (χ1) is 15.5. The van der Waals surface area contributed by atoms with Crippen LogP contribution in [0.25, 0.3) is 0 Å². The molecule has 0 spiro atoms. The van der Waals surface area contributed by atoms with Gasteiger partial charge in [0, 0.05) is 92.7 Å². The molecule has 3 aliphatic rings. The van der Waals surface area contributed by atoms with Gasteiger partial charge >= 0.3 is 0 Å². The Morgan fingerprint density at radius 1 is 0.906 bits per heavy atom. The Kier molecular flexibility index (Phi) is 6.35. The summed E-state index contributed by atoms with van der Waals surface area (Å²) in [6.45, 7) is 9.59. The quantitative estimate of drug-likeness (QED) is 0.656. The number of hydrogen-bond donors (Lipinski definition) is 0. The Balaban J connectivity index is 1.28. The molecule has 32 heavy (non-hydrogen) atoms. The van der Waals surface area contributed by atoms with Crippen molar-refractivity contribution in [3.05, 3.63) is 58.1 Å². The molecule has 0 saturated carbocycles. The van der Waals surface area contributed by atoms with Crippen molar-refractivity contribution in [3.8, 4) is 0 Å². The number of benzene rings is 2. The third kappa shape index (κ3) is 4.36. The molecular weight excluding hydrogens is 443 g/mol. The highest BCUT2D eigenvalue weighted by atomic mass is 35.5. The fourth-order valence-electron chi connectivity index (χ4n) is 5.55. The van der Waals surface area contributed by atoms with Crippen molar-refractivity contribution >= 4 is 40.5 Å². The monoisotopic (exact) mass is 472 g/mol. The van der Waals surface area contributed by atoms with Crippen LogP contribution in [0.5, 0.6) is 0 Å². The molecule has 3 aliphatic heterocycles. The Labute approximate surface area is 200 Å². The van der Waals surface area contributed by atoms with Gasteiger partial charge in [0.25, 0.3) is 0 Å². The van der Waals surface area contributed by atoms with E-state index < -0.39 is 0 Å². The van der Waals surface area contributed by atoms with Gasteiger partial charge in [-0.3, -0.25) is 9.69 Å². The standard InChI is InChI=1S/C25H30Cl2N4O/c1-18(32)30-14-12-28(13-15-30)10-11-29-9-8-25-23(17-29)22-16-20(27)4-7-24(22)31(25)21-5-2-19(26)3-6-21/h2-7,16,23,25H,8-15,17H2,1H3/t23-,25+/m0/s1. The first-order valence-electron chi connectivity index (χ1n) is 11.5. The third-order valence-corrected chi connectivity index (χ3v) is 7.78. The molecule has 2 aromatic rings. The van der Waals surface area contributed by atoms with Crippen LogP contribution in [0.3, 0.4) is 0 Å². The van der Waals surface area contributed by atoms with Crippen molar-refractivity contribution in [2.45, 2.75) is 25.3 Å². The predicted molar refractivity (Wildman–Crippen MR) is 131 cm³/mol. The van der Waals surface area contributed by atoms with Gasteiger partial charge in [0.2, 0.25) is 5.91 Å². The average molecular weight is 473 g/mol. The van der Waals surface area contributed by atoms with Gasteiger partial charge in [0.15, 0.2) is 0 Å². The average Bonchev–Trinajstić information content (AvgIpc) is 3.11. The third-order valence-electron chi connectivity index (χ3n) is 7.30. The van der Waals surface area contributed by atoms with Gasteiger partial charge in [-0.1, -0.05) is 23.2 Å². The second kappa shape index (κ2) is 9.22.